The fourth-order valence-corrected chi connectivity index (χ4v) is 1.67. The summed E-state index contributed by atoms with van der Waals surface area (Å²) < 4.78 is 51.9. The van der Waals surface area contributed by atoms with Gasteiger partial charge in [0, 0.05) is 0 Å². The molecule has 0 fully saturated rings. The third-order valence-electron chi connectivity index (χ3n) is 2.86. The summed E-state index contributed by atoms with van der Waals surface area (Å²) in [4.78, 5) is 0. The summed E-state index contributed by atoms with van der Waals surface area (Å²) in [7, 11) is 0. The third kappa shape index (κ3) is 3.70. The molecule has 0 spiro atoms. The van der Waals surface area contributed by atoms with Gasteiger partial charge in [0.15, 0.2) is 0 Å². The lowest BCUT2D eigenvalue weighted by atomic mass is 9.92. The Morgan fingerprint density at radius 2 is 1.67 bits per heavy atom. The van der Waals surface area contributed by atoms with Gasteiger partial charge in [-0.1, -0.05) is 19.1 Å². The zero-order valence-corrected chi connectivity index (χ0v) is 10.4. The Labute approximate surface area is 104 Å². The van der Waals surface area contributed by atoms with Crippen LogP contribution < -0.4 is 5.32 Å². The van der Waals surface area contributed by atoms with Gasteiger partial charge in [-0.3, -0.25) is 0 Å². The molecular weight excluding hydrogens is 246 g/mol. The Morgan fingerprint density at radius 3 is 2.11 bits per heavy atom. The van der Waals surface area contributed by atoms with Crippen LogP contribution in [-0.4, -0.2) is 18.3 Å². The molecule has 1 atom stereocenters. The van der Waals surface area contributed by atoms with Gasteiger partial charge in [0.25, 0.3) is 0 Å². The zero-order chi connectivity index (χ0) is 13.8. The molecule has 1 nitrogen and oxygen atoms in total. The molecule has 1 N–H and O–H groups in total. The molecule has 0 amide bonds. The maximum absolute atomic E-state index is 13.1. The number of alkyl halides is 3. The number of hydrogen-bond donors (Lipinski definition) is 1. The van der Waals surface area contributed by atoms with Gasteiger partial charge in [-0.25, -0.2) is 4.39 Å². The highest BCUT2D eigenvalue weighted by Crippen LogP contribution is 2.33. The first-order valence-corrected chi connectivity index (χ1v) is 5.85. The van der Waals surface area contributed by atoms with Crippen molar-refractivity contribution in [3.8, 4) is 0 Å². The van der Waals surface area contributed by atoms with E-state index >= 15 is 0 Å². The summed E-state index contributed by atoms with van der Waals surface area (Å²) >= 11 is 0. The van der Waals surface area contributed by atoms with Gasteiger partial charge in [0.2, 0.25) is 0 Å². The molecule has 0 saturated heterocycles. The number of nitrogens with one attached hydrogen (secondary N) is 1. The maximum Gasteiger partial charge on any atom is 0.406 e. The van der Waals surface area contributed by atoms with Crippen molar-refractivity contribution in [1.29, 1.82) is 0 Å². The lowest BCUT2D eigenvalue weighted by Crippen LogP contribution is -2.56. The van der Waals surface area contributed by atoms with E-state index in [1.807, 2.05) is 6.92 Å². The molecule has 1 aromatic rings. The van der Waals surface area contributed by atoms with Crippen LogP contribution in [0.25, 0.3) is 0 Å². The highest BCUT2D eigenvalue weighted by molar-refractivity contribution is 5.19. The Morgan fingerprint density at radius 1 is 1.11 bits per heavy atom. The molecule has 0 radical (unpaired) electrons. The molecule has 0 aliphatic rings. The Balaban J connectivity index is 2.88. The van der Waals surface area contributed by atoms with Crippen molar-refractivity contribution < 1.29 is 17.6 Å². The van der Waals surface area contributed by atoms with Crippen LogP contribution in [0.1, 0.15) is 25.8 Å². The minimum atomic E-state index is -4.35. The molecule has 1 rings (SSSR count). The topological polar surface area (TPSA) is 12.0 Å². The average molecular weight is 263 g/mol. The van der Waals surface area contributed by atoms with Gasteiger partial charge in [-0.15, -0.1) is 0 Å². The standard InChI is InChI=1S/C13H17F4N/c1-3-8-18-12(2,13(15,16)17)9-10-4-6-11(14)7-5-10/h4-7,18H,3,8-9H2,1-2H3. The lowest BCUT2D eigenvalue weighted by molar-refractivity contribution is -0.191. The van der Waals surface area contributed by atoms with E-state index in [1.165, 1.54) is 24.3 Å². The first-order chi connectivity index (χ1) is 8.28. The van der Waals surface area contributed by atoms with Crippen molar-refractivity contribution in [1.82, 2.24) is 5.32 Å². The molecule has 5 heteroatoms. The van der Waals surface area contributed by atoms with Gasteiger partial charge < -0.3 is 5.32 Å². The smallest absolute Gasteiger partial charge is 0.304 e. The Hall–Kier alpha value is -1.10. The molecule has 1 unspecified atom stereocenters. The van der Waals surface area contributed by atoms with Crippen molar-refractivity contribution in [2.24, 2.45) is 0 Å². The number of halogens is 4. The van der Waals surface area contributed by atoms with Crippen molar-refractivity contribution in [2.45, 2.75) is 38.4 Å². The second-order valence-electron chi connectivity index (χ2n) is 4.56. The summed E-state index contributed by atoms with van der Waals surface area (Å²) in [6, 6.07) is 5.11. The molecule has 0 saturated carbocycles. The van der Waals surface area contributed by atoms with Crippen molar-refractivity contribution in [2.75, 3.05) is 6.54 Å². The monoisotopic (exact) mass is 263 g/mol. The molecule has 18 heavy (non-hydrogen) atoms. The van der Waals surface area contributed by atoms with E-state index in [2.05, 4.69) is 5.32 Å². The summed E-state index contributed by atoms with van der Waals surface area (Å²) in [6.07, 6.45) is -3.94. The number of benzene rings is 1. The lowest BCUT2D eigenvalue weighted by Gasteiger charge is -2.33. The minimum absolute atomic E-state index is 0.212. The summed E-state index contributed by atoms with van der Waals surface area (Å²) in [5.41, 5.74) is -1.53. The van der Waals surface area contributed by atoms with Crippen LogP contribution in [0.4, 0.5) is 17.6 Å². The minimum Gasteiger partial charge on any atom is -0.304 e. The highest BCUT2D eigenvalue weighted by atomic mass is 19.4. The van der Waals surface area contributed by atoms with Gasteiger partial charge >= 0.3 is 6.18 Å². The molecule has 1 aromatic carbocycles. The van der Waals surface area contributed by atoms with Crippen LogP contribution in [0.15, 0.2) is 24.3 Å². The predicted molar refractivity (Wildman–Crippen MR) is 62.9 cm³/mol. The SMILES string of the molecule is CCCNC(C)(Cc1ccc(F)cc1)C(F)(F)F. The molecule has 0 aliphatic carbocycles. The fraction of sp³-hybridized carbons (Fsp3) is 0.538. The van der Waals surface area contributed by atoms with Crippen LogP contribution in [0, 0.1) is 5.82 Å². The van der Waals surface area contributed by atoms with Gasteiger partial charge in [-0.2, -0.15) is 13.2 Å². The van der Waals surface area contributed by atoms with E-state index in [9.17, 15) is 17.6 Å². The second kappa shape index (κ2) is 5.69. The molecular formula is C13H17F4N. The predicted octanol–water partition coefficient (Wildman–Crippen LogP) is 3.69. The fourth-order valence-electron chi connectivity index (χ4n) is 1.67. The molecule has 0 aliphatic heterocycles. The van der Waals surface area contributed by atoms with Gasteiger partial charge in [0.1, 0.15) is 11.4 Å². The number of rotatable bonds is 5. The van der Waals surface area contributed by atoms with E-state index < -0.39 is 17.5 Å². The quantitative estimate of drug-likeness (QED) is 0.799. The molecule has 0 heterocycles. The average Bonchev–Trinajstić information content (AvgIpc) is 2.28. The highest BCUT2D eigenvalue weighted by Gasteiger charge is 2.50. The van der Waals surface area contributed by atoms with Gasteiger partial charge in [-0.05, 0) is 44.0 Å². The summed E-state index contributed by atoms with van der Waals surface area (Å²) in [5, 5.41) is 2.53. The second-order valence-corrected chi connectivity index (χ2v) is 4.56. The summed E-state index contributed by atoms with van der Waals surface area (Å²) in [5.74, 6) is -0.450. The maximum atomic E-state index is 13.1. The van der Waals surface area contributed by atoms with Crippen LogP contribution >= 0.6 is 0 Å². The van der Waals surface area contributed by atoms with E-state index in [1.54, 1.807) is 0 Å². The van der Waals surface area contributed by atoms with E-state index in [0.29, 0.717) is 12.0 Å². The summed E-state index contributed by atoms with van der Waals surface area (Å²) in [6.45, 7) is 3.23. The van der Waals surface area contributed by atoms with Crippen LogP contribution in [0.2, 0.25) is 0 Å². The molecule has 0 bridgehead atoms. The third-order valence-corrected chi connectivity index (χ3v) is 2.86. The van der Waals surface area contributed by atoms with Crippen molar-refractivity contribution in [3.05, 3.63) is 35.6 Å². The van der Waals surface area contributed by atoms with E-state index in [-0.39, 0.29) is 13.0 Å². The van der Waals surface area contributed by atoms with Crippen LogP contribution in [0.5, 0.6) is 0 Å². The normalized spacial score (nSPS) is 15.4. The van der Waals surface area contributed by atoms with Gasteiger partial charge in [0.05, 0.1) is 0 Å². The van der Waals surface area contributed by atoms with Crippen molar-refractivity contribution >= 4 is 0 Å². The Kier molecular flexibility index (Phi) is 4.73. The van der Waals surface area contributed by atoms with E-state index in [0.717, 1.165) is 6.92 Å². The van der Waals surface area contributed by atoms with E-state index in [4.69, 9.17) is 0 Å². The molecule has 0 aromatic heterocycles. The Bertz CT molecular complexity index is 372. The van der Waals surface area contributed by atoms with Crippen molar-refractivity contribution in [3.63, 3.8) is 0 Å². The first-order valence-electron chi connectivity index (χ1n) is 5.85. The first kappa shape index (κ1) is 15.0. The molecule has 102 valence electrons. The van der Waals surface area contributed by atoms with Crippen LogP contribution in [-0.2, 0) is 6.42 Å². The van der Waals surface area contributed by atoms with Crippen LogP contribution in [0.3, 0.4) is 0 Å². The number of hydrogen-bond acceptors (Lipinski definition) is 1. The zero-order valence-electron chi connectivity index (χ0n) is 10.4. The largest absolute Gasteiger partial charge is 0.406 e.